The molecule has 2 aliphatic heterocycles. The minimum atomic E-state index is -2.56. The van der Waals surface area contributed by atoms with Crippen molar-refractivity contribution in [2.75, 3.05) is 48.0 Å². The van der Waals surface area contributed by atoms with Gasteiger partial charge in [-0.1, -0.05) is 24.1 Å². The number of anilines is 4. The van der Waals surface area contributed by atoms with Crippen LogP contribution in [0.25, 0.3) is 0 Å². The predicted molar refractivity (Wildman–Crippen MR) is 138 cm³/mol. The van der Waals surface area contributed by atoms with E-state index in [2.05, 4.69) is 31.1 Å². The van der Waals surface area contributed by atoms with Crippen molar-refractivity contribution in [2.45, 2.75) is 43.7 Å². The Morgan fingerprint density at radius 1 is 1.23 bits per heavy atom. The number of nitrogens with one attached hydrogen (secondary N) is 3. The number of hydrogen-bond acceptors (Lipinski definition) is 9. The van der Waals surface area contributed by atoms with Crippen LogP contribution in [0.2, 0.25) is 0 Å². The van der Waals surface area contributed by atoms with Crippen LogP contribution < -0.4 is 21.3 Å². The third-order valence-electron chi connectivity index (χ3n) is 7.35. The predicted octanol–water partition coefficient (Wildman–Crippen LogP) is 4.24. The molecule has 35 heavy (non-hydrogen) atoms. The molecule has 0 atom stereocenters. The number of alkyl halides is 2. The summed E-state index contributed by atoms with van der Waals surface area (Å²) in [6.07, 6.45) is 4.92. The zero-order valence-corrected chi connectivity index (χ0v) is 20.6. The van der Waals surface area contributed by atoms with Crippen LogP contribution in [0, 0.1) is 11.3 Å². The lowest BCUT2D eigenvalue weighted by Crippen LogP contribution is -2.51. The number of nitrogens with zero attached hydrogens (tertiary/aromatic N) is 4. The van der Waals surface area contributed by atoms with Gasteiger partial charge in [0.15, 0.2) is 0 Å². The zero-order chi connectivity index (χ0) is 24.6. The molecular weight excluding hydrogens is 470 g/mol. The molecule has 2 saturated heterocycles. The van der Waals surface area contributed by atoms with E-state index in [1.54, 1.807) is 24.1 Å². The molecule has 0 unspecified atom stereocenters. The normalized spacial score (nSPS) is 20.5. The molecule has 1 saturated carbocycles. The Labute approximate surface area is 208 Å². The molecule has 188 valence electrons. The van der Waals surface area contributed by atoms with Gasteiger partial charge in [-0.25, -0.2) is 13.1 Å². The van der Waals surface area contributed by atoms with Gasteiger partial charge in [-0.3, -0.25) is 0 Å². The molecule has 5 rings (SSSR count). The Hall–Kier alpha value is -2.50. The largest absolute Gasteiger partial charge is 0.356 e. The maximum atomic E-state index is 13.3. The molecule has 2 aromatic rings. The fourth-order valence-corrected chi connectivity index (χ4v) is 5.62. The quantitative estimate of drug-likeness (QED) is 0.298. The number of aromatic nitrogens is 2. The fraction of sp³-hybridized carbons (Fsp3) is 0.542. The summed E-state index contributed by atoms with van der Waals surface area (Å²) in [5.41, 5.74) is 7.45. The molecule has 8 nitrogen and oxygen atoms in total. The van der Waals surface area contributed by atoms with Crippen LogP contribution in [0.15, 0.2) is 24.3 Å². The first-order chi connectivity index (χ1) is 16.9. The van der Waals surface area contributed by atoms with E-state index in [4.69, 9.17) is 16.1 Å². The van der Waals surface area contributed by atoms with E-state index >= 15 is 0 Å². The first-order valence-corrected chi connectivity index (χ1v) is 13.2. The van der Waals surface area contributed by atoms with Crippen molar-refractivity contribution in [3.8, 4) is 0 Å². The Bertz CT molecular complexity index is 1070. The summed E-state index contributed by atoms with van der Waals surface area (Å²) in [6.45, 7) is 3.39. The smallest absolute Gasteiger partial charge is 0.263 e. The van der Waals surface area contributed by atoms with Gasteiger partial charge in [-0.05, 0) is 50.0 Å². The van der Waals surface area contributed by atoms with Gasteiger partial charge in [0.25, 0.3) is 6.43 Å². The zero-order valence-electron chi connectivity index (χ0n) is 19.8. The number of hydrogen-bond donors (Lipinski definition) is 4. The third-order valence-corrected chi connectivity index (χ3v) is 8.16. The van der Waals surface area contributed by atoms with E-state index < -0.39 is 6.43 Å². The van der Waals surface area contributed by atoms with E-state index in [0.29, 0.717) is 34.8 Å². The van der Waals surface area contributed by atoms with E-state index in [1.165, 1.54) is 18.3 Å². The average Bonchev–Trinajstić information content (AvgIpc) is 3.59. The first kappa shape index (κ1) is 24.2. The first-order valence-electron chi connectivity index (χ1n) is 12.1. The average molecular weight is 503 g/mol. The van der Waals surface area contributed by atoms with E-state index in [1.807, 2.05) is 0 Å². The second-order valence-corrected chi connectivity index (χ2v) is 10.6. The van der Waals surface area contributed by atoms with Crippen LogP contribution in [0.1, 0.15) is 43.2 Å². The maximum absolute atomic E-state index is 13.3. The lowest BCUT2D eigenvalue weighted by molar-refractivity contribution is 0.151. The van der Waals surface area contributed by atoms with Crippen molar-refractivity contribution in [2.24, 2.45) is 11.7 Å². The summed E-state index contributed by atoms with van der Waals surface area (Å²) >= 11 is 1.70. The molecule has 3 aliphatic rings. The summed E-state index contributed by atoms with van der Waals surface area (Å²) in [7, 11) is 0. The summed E-state index contributed by atoms with van der Waals surface area (Å²) < 4.78 is 28.7. The third kappa shape index (κ3) is 5.22. The highest BCUT2D eigenvalue weighted by Crippen LogP contribution is 2.45. The van der Waals surface area contributed by atoms with Crippen LogP contribution in [0.3, 0.4) is 0 Å². The number of rotatable bonds is 9. The van der Waals surface area contributed by atoms with Crippen molar-refractivity contribution in [1.82, 2.24) is 14.3 Å². The minimum absolute atomic E-state index is 0.00464. The molecule has 3 fully saturated rings. The summed E-state index contributed by atoms with van der Waals surface area (Å²) in [5.74, 6) is 2.11. The standard InChI is InChI=1S/C24H32F2N8S/c1-35-34-13-18(14-34)30-23-31-21(29-17-4-2-3-15(11-17)20(25)26)19(12-27)22(32-23)33-9-5-16(6-10-33)24(28)7-8-24/h2-4,11-12,16,18,20,27H,5-10,13-14,28H2,1H3,(H2,29,30,31,32). The van der Waals surface area contributed by atoms with Crippen molar-refractivity contribution < 1.29 is 8.78 Å². The molecule has 1 aromatic carbocycles. The molecule has 1 aromatic heterocycles. The van der Waals surface area contributed by atoms with Crippen molar-refractivity contribution in [3.05, 3.63) is 35.4 Å². The van der Waals surface area contributed by atoms with Gasteiger partial charge >= 0.3 is 0 Å². The van der Waals surface area contributed by atoms with Gasteiger partial charge in [0.2, 0.25) is 5.95 Å². The molecule has 0 radical (unpaired) electrons. The highest BCUT2D eigenvalue weighted by Gasteiger charge is 2.46. The minimum Gasteiger partial charge on any atom is -0.356 e. The Kier molecular flexibility index (Phi) is 6.82. The molecule has 0 amide bonds. The van der Waals surface area contributed by atoms with Gasteiger partial charge in [0.05, 0.1) is 11.6 Å². The van der Waals surface area contributed by atoms with Crippen LogP contribution in [0.4, 0.5) is 32.1 Å². The van der Waals surface area contributed by atoms with E-state index in [-0.39, 0.29) is 17.1 Å². The molecule has 3 heterocycles. The lowest BCUT2D eigenvalue weighted by atomic mass is 9.88. The monoisotopic (exact) mass is 502 g/mol. The van der Waals surface area contributed by atoms with E-state index in [9.17, 15) is 8.78 Å². The molecule has 0 bridgehead atoms. The fourth-order valence-electron chi connectivity index (χ4n) is 4.96. The topological polar surface area (TPSA) is 106 Å². The van der Waals surface area contributed by atoms with Gasteiger partial charge in [0, 0.05) is 49.2 Å². The molecule has 1 aliphatic carbocycles. The van der Waals surface area contributed by atoms with Gasteiger partial charge < -0.3 is 26.7 Å². The molecule has 5 N–H and O–H groups in total. The second kappa shape index (κ2) is 9.87. The number of nitrogens with two attached hydrogens (primary N) is 1. The van der Waals surface area contributed by atoms with Crippen molar-refractivity contribution >= 4 is 41.4 Å². The SMILES string of the molecule is CSN1CC(Nc2nc(Nc3cccc(C(F)F)c3)c(C=N)c(N3CCC(C4(N)CC4)CC3)n2)C1. The maximum Gasteiger partial charge on any atom is 0.263 e. The summed E-state index contributed by atoms with van der Waals surface area (Å²) in [6, 6.07) is 6.35. The highest BCUT2D eigenvalue weighted by molar-refractivity contribution is 7.96. The van der Waals surface area contributed by atoms with Crippen LogP contribution in [-0.2, 0) is 0 Å². The Balaban J connectivity index is 1.43. The number of halogens is 2. The highest BCUT2D eigenvalue weighted by atomic mass is 32.2. The lowest BCUT2D eigenvalue weighted by Gasteiger charge is -2.38. The Morgan fingerprint density at radius 2 is 1.97 bits per heavy atom. The van der Waals surface area contributed by atoms with Gasteiger partial charge in [0.1, 0.15) is 11.6 Å². The van der Waals surface area contributed by atoms with Gasteiger partial charge in [-0.2, -0.15) is 9.97 Å². The Morgan fingerprint density at radius 3 is 2.60 bits per heavy atom. The summed E-state index contributed by atoms with van der Waals surface area (Å²) in [5, 5.41) is 14.7. The van der Waals surface area contributed by atoms with Crippen LogP contribution in [-0.4, -0.2) is 64.5 Å². The second-order valence-electron chi connectivity index (χ2n) is 9.69. The van der Waals surface area contributed by atoms with Crippen LogP contribution in [0.5, 0.6) is 0 Å². The summed E-state index contributed by atoms with van der Waals surface area (Å²) in [4.78, 5) is 11.7. The van der Waals surface area contributed by atoms with E-state index in [0.717, 1.165) is 51.9 Å². The molecule has 11 heteroatoms. The van der Waals surface area contributed by atoms with Gasteiger partial charge in [-0.15, -0.1) is 0 Å². The van der Waals surface area contributed by atoms with Crippen molar-refractivity contribution in [1.29, 1.82) is 5.41 Å². The molecule has 0 spiro atoms. The van der Waals surface area contributed by atoms with Crippen LogP contribution >= 0.6 is 11.9 Å². The number of piperidine rings is 1. The number of benzene rings is 1. The van der Waals surface area contributed by atoms with Crippen molar-refractivity contribution in [3.63, 3.8) is 0 Å². The molecular formula is C24H32F2N8S.